The van der Waals surface area contributed by atoms with Crippen molar-refractivity contribution in [2.45, 2.75) is 19.3 Å². The number of hydrogen-bond donors (Lipinski definition) is 1. The van der Waals surface area contributed by atoms with Crippen molar-refractivity contribution in [2.24, 2.45) is 0 Å². The van der Waals surface area contributed by atoms with Gasteiger partial charge in [0.1, 0.15) is 15.9 Å². The van der Waals surface area contributed by atoms with Crippen molar-refractivity contribution < 1.29 is 14.7 Å². The van der Waals surface area contributed by atoms with E-state index in [4.69, 9.17) is 12.2 Å². The number of amides is 1. The lowest BCUT2D eigenvalue weighted by molar-refractivity contribution is -0.123. The van der Waals surface area contributed by atoms with Gasteiger partial charge in [-0.15, -0.1) is 0 Å². The van der Waals surface area contributed by atoms with Crippen LogP contribution in [0.5, 0.6) is 5.75 Å². The van der Waals surface area contributed by atoms with Gasteiger partial charge in [0.15, 0.2) is 0 Å². The van der Waals surface area contributed by atoms with Crippen LogP contribution in [0.4, 0.5) is 0 Å². The van der Waals surface area contributed by atoms with Gasteiger partial charge in [-0.1, -0.05) is 64.2 Å². The molecule has 0 spiro atoms. The van der Waals surface area contributed by atoms with Crippen molar-refractivity contribution in [3.05, 3.63) is 69.0 Å². The molecule has 2 aromatic rings. The van der Waals surface area contributed by atoms with E-state index in [-0.39, 0.29) is 23.9 Å². The Labute approximate surface area is 181 Å². The second-order valence-electron chi connectivity index (χ2n) is 6.38. The highest BCUT2D eigenvalue weighted by Gasteiger charge is 2.31. The fraction of sp³-hybridized carbons (Fsp3) is 0.190. The van der Waals surface area contributed by atoms with Gasteiger partial charge < -0.3 is 5.11 Å². The molecule has 144 valence electrons. The number of thiocarbonyl (C=S) groups is 1. The minimum atomic E-state index is -0.115. The van der Waals surface area contributed by atoms with Crippen LogP contribution in [0.3, 0.4) is 0 Å². The van der Waals surface area contributed by atoms with E-state index < -0.39 is 0 Å². The van der Waals surface area contributed by atoms with Crippen molar-refractivity contribution >= 4 is 62.0 Å². The molecule has 0 aromatic heterocycles. The van der Waals surface area contributed by atoms with Gasteiger partial charge >= 0.3 is 0 Å². The lowest BCUT2D eigenvalue weighted by atomic mass is 10.1. The van der Waals surface area contributed by atoms with Crippen LogP contribution in [0.1, 0.15) is 24.0 Å². The van der Waals surface area contributed by atoms with Crippen LogP contribution < -0.4 is 0 Å². The zero-order valence-corrected chi connectivity index (χ0v) is 18.1. The number of halogens is 1. The summed E-state index contributed by atoms with van der Waals surface area (Å²) in [4.78, 5) is 26.9. The van der Waals surface area contributed by atoms with Crippen molar-refractivity contribution in [2.75, 3.05) is 6.54 Å². The predicted molar refractivity (Wildman–Crippen MR) is 120 cm³/mol. The van der Waals surface area contributed by atoms with Crippen LogP contribution in [-0.2, 0) is 16.0 Å². The number of ketones is 1. The van der Waals surface area contributed by atoms with E-state index in [9.17, 15) is 14.7 Å². The average molecular weight is 476 g/mol. The Morgan fingerprint density at radius 1 is 1.21 bits per heavy atom. The van der Waals surface area contributed by atoms with E-state index in [2.05, 4.69) is 15.9 Å². The maximum absolute atomic E-state index is 12.6. The maximum Gasteiger partial charge on any atom is 0.266 e. The molecule has 0 radical (unpaired) electrons. The van der Waals surface area contributed by atoms with Crippen molar-refractivity contribution in [3.8, 4) is 5.75 Å². The van der Waals surface area contributed by atoms with Gasteiger partial charge in [-0.2, -0.15) is 0 Å². The molecule has 0 aliphatic carbocycles. The van der Waals surface area contributed by atoms with Crippen LogP contribution in [0, 0.1) is 0 Å². The molecule has 0 unspecified atom stereocenters. The average Bonchev–Trinajstić information content (AvgIpc) is 2.89. The summed E-state index contributed by atoms with van der Waals surface area (Å²) in [7, 11) is 0. The summed E-state index contributed by atoms with van der Waals surface area (Å²) in [5.74, 6) is 0.108. The summed E-state index contributed by atoms with van der Waals surface area (Å²) >= 11 is 10.0. The quantitative estimate of drug-likeness (QED) is 0.453. The van der Waals surface area contributed by atoms with Gasteiger partial charge in [0.2, 0.25) is 0 Å². The van der Waals surface area contributed by atoms with Gasteiger partial charge in [0.05, 0.1) is 4.91 Å². The van der Waals surface area contributed by atoms with E-state index in [1.807, 2.05) is 36.4 Å². The summed E-state index contributed by atoms with van der Waals surface area (Å²) < 4.78 is 1.47. The number of nitrogens with zero attached hydrogens (tertiary/aromatic N) is 1. The number of phenols is 1. The topological polar surface area (TPSA) is 57.6 Å². The Balaban J connectivity index is 1.54. The fourth-order valence-corrected chi connectivity index (χ4v) is 4.58. The van der Waals surface area contributed by atoms with Crippen LogP contribution in [-0.4, -0.2) is 32.6 Å². The number of rotatable bonds is 7. The molecule has 4 nitrogen and oxygen atoms in total. The number of phenolic OH excluding ortho intramolecular Hbond substituents is 1. The highest BCUT2D eigenvalue weighted by atomic mass is 79.9. The number of Topliss-reactive ketones (excluding diaryl/α,β-unsaturated/α-hetero) is 1. The predicted octanol–water partition coefficient (Wildman–Crippen LogP) is 4.95. The molecule has 1 aliphatic rings. The first-order chi connectivity index (χ1) is 13.4. The number of aromatic hydroxyl groups is 1. The molecule has 1 fully saturated rings. The highest BCUT2D eigenvalue weighted by molar-refractivity contribution is 9.10. The molecule has 0 saturated carbocycles. The van der Waals surface area contributed by atoms with Crippen LogP contribution in [0.2, 0.25) is 0 Å². The summed E-state index contributed by atoms with van der Waals surface area (Å²) in [5, 5.41) is 9.47. The number of hydrogen-bond acceptors (Lipinski definition) is 5. The molecule has 0 bridgehead atoms. The Bertz CT molecular complexity index is 958. The van der Waals surface area contributed by atoms with E-state index in [0.29, 0.717) is 28.6 Å². The van der Waals surface area contributed by atoms with E-state index >= 15 is 0 Å². The van der Waals surface area contributed by atoms with Gasteiger partial charge in [0.25, 0.3) is 5.91 Å². The third-order valence-corrected chi connectivity index (χ3v) is 6.04. The Kier molecular flexibility index (Phi) is 7.04. The first kappa shape index (κ1) is 20.8. The SMILES string of the molecule is O=C(CCCN1C(=O)/C(=C/c2cccc(Br)c2)SC1=S)Cc1cccc(O)c1. The number of carbonyl (C=O) groups is 2. The summed E-state index contributed by atoms with van der Waals surface area (Å²) in [5.41, 5.74) is 1.71. The van der Waals surface area contributed by atoms with Gasteiger partial charge in [-0.05, 0) is 47.9 Å². The lowest BCUT2D eigenvalue weighted by Crippen LogP contribution is -2.29. The molecular weight excluding hydrogens is 458 g/mol. The molecular formula is C21H18BrNO3S2. The van der Waals surface area contributed by atoms with Crippen molar-refractivity contribution in [3.63, 3.8) is 0 Å². The zero-order chi connectivity index (χ0) is 20.1. The maximum atomic E-state index is 12.6. The van der Waals surface area contributed by atoms with Crippen LogP contribution in [0.25, 0.3) is 6.08 Å². The van der Waals surface area contributed by atoms with Crippen molar-refractivity contribution in [1.82, 2.24) is 4.90 Å². The van der Waals surface area contributed by atoms with E-state index in [1.165, 1.54) is 11.8 Å². The van der Waals surface area contributed by atoms with Gasteiger partial charge in [-0.25, -0.2) is 0 Å². The monoisotopic (exact) mass is 475 g/mol. The molecule has 1 amide bonds. The molecule has 1 saturated heterocycles. The summed E-state index contributed by atoms with van der Waals surface area (Å²) in [6.45, 7) is 0.423. The Morgan fingerprint density at radius 2 is 2.00 bits per heavy atom. The molecule has 1 aliphatic heterocycles. The minimum Gasteiger partial charge on any atom is -0.508 e. The largest absolute Gasteiger partial charge is 0.508 e. The Morgan fingerprint density at radius 3 is 2.75 bits per heavy atom. The third-order valence-electron chi connectivity index (χ3n) is 4.17. The molecule has 28 heavy (non-hydrogen) atoms. The molecule has 3 rings (SSSR count). The summed E-state index contributed by atoms with van der Waals surface area (Å²) in [6, 6.07) is 14.4. The molecule has 7 heteroatoms. The minimum absolute atomic E-state index is 0.0701. The molecule has 1 heterocycles. The lowest BCUT2D eigenvalue weighted by Gasteiger charge is -2.13. The van der Waals surface area contributed by atoms with E-state index in [1.54, 1.807) is 23.1 Å². The number of thioether (sulfide) groups is 1. The number of benzene rings is 2. The van der Waals surface area contributed by atoms with Crippen molar-refractivity contribution in [1.29, 1.82) is 0 Å². The van der Waals surface area contributed by atoms with Gasteiger partial charge in [0, 0.05) is 23.9 Å². The normalized spacial score (nSPS) is 15.5. The smallest absolute Gasteiger partial charge is 0.266 e. The summed E-state index contributed by atoms with van der Waals surface area (Å²) in [6.07, 6.45) is 3.01. The van der Waals surface area contributed by atoms with Crippen LogP contribution in [0.15, 0.2) is 57.9 Å². The second kappa shape index (κ2) is 9.49. The third kappa shape index (κ3) is 5.53. The fourth-order valence-electron chi connectivity index (χ4n) is 2.86. The van der Waals surface area contributed by atoms with Gasteiger partial charge in [-0.3, -0.25) is 14.5 Å². The number of carbonyl (C=O) groups excluding carboxylic acids is 2. The second-order valence-corrected chi connectivity index (χ2v) is 8.97. The molecule has 2 aromatic carbocycles. The molecule has 0 atom stereocenters. The molecule has 1 N–H and O–H groups in total. The first-order valence-corrected chi connectivity index (χ1v) is 10.7. The van der Waals surface area contributed by atoms with E-state index in [0.717, 1.165) is 15.6 Å². The Hall–Kier alpha value is -1.96. The van der Waals surface area contributed by atoms with Crippen LogP contribution >= 0.6 is 39.9 Å². The zero-order valence-electron chi connectivity index (χ0n) is 14.9. The standard InChI is InChI=1S/C21H18BrNO3S2/c22-16-6-1-4-14(10-16)13-19-20(26)23(21(27)28-19)9-3-8-18(25)12-15-5-2-7-17(24)11-15/h1-2,4-7,10-11,13,24H,3,8-9,12H2/b19-13-. The highest BCUT2D eigenvalue weighted by Crippen LogP contribution is 2.33. The first-order valence-electron chi connectivity index (χ1n) is 8.73.